The first kappa shape index (κ1) is 15.2. The zero-order chi connectivity index (χ0) is 15.5. The van der Waals surface area contributed by atoms with Gasteiger partial charge in [-0.15, -0.1) is 0 Å². The van der Waals surface area contributed by atoms with Crippen LogP contribution in [0.25, 0.3) is 0 Å². The van der Waals surface area contributed by atoms with Gasteiger partial charge in [-0.25, -0.2) is 4.79 Å². The Hall–Kier alpha value is -1.66. The van der Waals surface area contributed by atoms with E-state index in [1.54, 1.807) is 11.1 Å². The number of hydrogen-bond donors (Lipinski definition) is 0. The number of nitrogens with zero attached hydrogens (tertiary/aromatic N) is 4. The summed E-state index contributed by atoms with van der Waals surface area (Å²) in [5.74, 6) is 0. The van der Waals surface area contributed by atoms with Crippen LogP contribution >= 0.6 is 0 Å². The quantitative estimate of drug-likeness (QED) is 0.837. The van der Waals surface area contributed by atoms with Gasteiger partial charge in [-0.1, -0.05) is 6.07 Å². The molecule has 1 aromatic heterocycles. The van der Waals surface area contributed by atoms with Gasteiger partial charge in [-0.05, 0) is 18.1 Å². The Morgan fingerprint density at radius 1 is 1.41 bits per heavy atom. The Bertz CT molecular complexity index is 508. The van der Waals surface area contributed by atoms with E-state index in [1.165, 1.54) is 0 Å². The SMILES string of the molecule is CN(C)C(=O)N1CCN2C[C@@H](OCc3cccnc3)C[C@@H]2C1. The number of carbonyl (C=O) groups excluding carboxylic acids is 1. The molecule has 6 heteroatoms. The van der Waals surface area contributed by atoms with E-state index >= 15 is 0 Å². The summed E-state index contributed by atoms with van der Waals surface area (Å²) in [4.78, 5) is 22.2. The summed E-state index contributed by atoms with van der Waals surface area (Å²) >= 11 is 0. The first-order chi connectivity index (χ1) is 10.6. The standard InChI is InChI=1S/C16H24N4O2/c1-18(2)16(21)20-7-6-19-11-15(8-14(19)10-20)22-12-13-4-3-5-17-9-13/h3-5,9,14-15H,6-8,10-12H2,1-2H3/t14-,15+/m1/s1. The van der Waals surface area contributed by atoms with Crippen molar-refractivity contribution < 1.29 is 9.53 Å². The monoisotopic (exact) mass is 304 g/mol. The van der Waals surface area contributed by atoms with E-state index in [-0.39, 0.29) is 12.1 Å². The molecule has 0 aromatic carbocycles. The molecule has 0 aliphatic carbocycles. The highest BCUT2D eigenvalue weighted by Gasteiger charge is 2.38. The Morgan fingerprint density at radius 2 is 2.27 bits per heavy atom. The second-order valence-corrected chi connectivity index (χ2v) is 6.30. The van der Waals surface area contributed by atoms with Crippen molar-refractivity contribution >= 4 is 6.03 Å². The van der Waals surface area contributed by atoms with Crippen molar-refractivity contribution in [2.45, 2.75) is 25.2 Å². The molecule has 2 fully saturated rings. The first-order valence-electron chi connectivity index (χ1n) is 7.84. The van der Waals surface area contributed by atoms with Crippen LogP contribution in [-0.2, 0) is 11.3 Å². The average molecular weight is 304 g/mol. The second-order valence-electron chi connectivity index (χ2n) is 6.30. The van der Waals surface area contributed by atoms with E-state index in [0.29, 0.717) is 12.6 Å². The van der Waals surface area contributed by atoms with E-state index in [0.717, 1.165) is 38.2 Å². The lowest BCUT2D eigenvalue weighted by atomic mass is 10.1. The topological polar surface area (TPSA) is 48.9 Å². The predicted molar refractivity (Wildman–Crippen MR) is 83.4 cm³/mol. The summed E-state index contributed by atoms with van der Waals surface area (Å²) in [5.41, 5.74) is 1.11. The van der Waals surface area contributed by atoms with Gasteiger partial charge in [0.2, 0.25) is 0 Å². The van der Waals surface area contributed by atoms with Crippen molar-refractivity contribution in [2.75, 3.05) is 40.3 Å². The van der Waals surface area contributed by atoms with Gasteiger partial charge in [0.1, 0.15) is 0 Å². The molecular weight excluding hydrogens is 280 g/mol. The number of fused-ring (bicyclic) bond motifs is 1. The summed E-state index contributed by atoms with van der Waals surface area (Å²) in [6.07, 6.45) is 4.87. The summed E-state index contributed by atoms with van der Waals surface area (Å²) in [5, 5.41) is 0. The van der Waals surface area contributed by atoms with Crippen molar-refractivity contribution in [1.82, 2.24) is 19.7 Å². The summed E-state index contributed by atoms with van der Waals surface area (Å²) < 4.78 is 6.03. The number of hydrogen-bond acceptors (Lipinski definition) is 4. The van der Waals surface area contributed by atoms with E-state index in [4.69, 9.17) is 4.74 Å². The summed E-state index contributed by atoms with van der Waals surface area (Å²) in [7, 11) is 3.62. The van der Waals surface area contributed by atoms with Crippen molar-refractivity contribution in [2.24, 2.45) is 0 Å². The van der Waals surface area contributed by atoms with Crippen molar-refractivity contribution in [1.29, 1.82) is 0 Å². The smallest absolute Gasteiger partial charge is 0.319 e. The van der Waals surface area contributed by atoms with Crippen LogP contribution in [0.3, 0.4) is 0 Å². The van der Waals surface area contributed by atoms with Gasteiger partial charge in [0.15, 0.2) is 0 Å². The van der Waals surface area contributed by atoms with Gasteiger partial charge in [0.25, 0.3) is 0 Å². The first-order valence-corrected chi connectivity index (χ1v) is 7.84. The molecule has 3 heterocycles. The lowest BCUT2D eigenvalue weighted by Gasteiger charge is -2.38. The third-order valence-electron chi connectivity index (χ3n) is 4.44. The molecule has 0 N–H and O–H groups in total. The number of aromatic nitrogens is 1. The van der Waals surface area contributed by atoms with Gasteiger partial charge in [0, 0.05) is 58.7 Å². The molecule has 0 spiro atoms. The fourth-order valence-corrected chi connectivity index (χ4v) is 3.27. The molecule has 3 rings (SSSR count). The molecule has 0 saturated carbocycles. The third-order valence-corrected chi connectivity index (χ3v) is 4.44. The maximum absolute atomic E-state index is 12.1. The lowest BCUT2D eigenvalue weighted by molar-refractivity contribution is 0.0461. The van der Waals surface area contributed by atoms with Crippen LogP contribution in [0.5, 0.6) is 0 Å². The number of carbonyl (C=O) groups is 1. The molecule has 2 amide bonds. The Balaban J connectivity index is 1.50. The Labute approximate surface area is 131 Å². The molecule has 0 radical (unpaired) electrons. The number of piperazine rings is 1. The minimum Gasteiger partial charge on any atom is -0.372 e. The number of amides is 2. The fraction of sp³-hybridized carbons (Fsp3) is 0.625. The van der Waals surface area contributed by atoms with Crippen LogP contribution in [0.4, 0.5) is 4.79 Å². The van der Waals surface area contributed by atoms with Crippen LogP contribution in [0.1, 0.15) is 12.0 Å². The minimum absolute atomic E-state index is 0.111. The van der Waals surface area contributed by atoms with E-state index in [9.17, 15) is 4.79 Å². The number of urea groups is 1. The van der Waals surface area contributed by atoms with Crippen LogP contribution in [-0.4, -0.2) is 78.1 Å². The van der Waals surface area contributed by atoms with Gasteiger partial charge in [0.05, 0.1) is 12.7 Å². The highest BCUT2D eigenvalue weighted by molar-refractivity contribution is 5.74. The average Bonchev–Trinajstić information content (AvgIpc) is 2.95. The largest absolute Gasteiger partial charge is 0.372 e. The molecule has 2 atom stereocenters. The molecule has 0 unspecified atom stereocenters. The van der Waals surface area contributed by atoms with Crippen LogP contribution in [0.15, 0.2) is 24.5 Å². The maximum Gasteiger partial charge on any atom is 0.319 e. The maximum atomic E-state index is 12.1. The van der Waals surface area contributed by atoms with Gasteiger partial charge in [-0.3, -0.25) is 9.88 Å². The lowest BCUT2D eigenvalue weighted by Crippen LogP contribution is -2.54. The number of pyridine rings is 1. The minimum atomic E-state index is 0.111. The molecule has 2 aliphatic rings. The fourth-order valence-electron chi connectivity index (χ4n) is 3.27. The highest BCUT2D eigenvalue weighted by atomic mass is 16.5. The van der Waals surface area contributed by atoms with Gasteiger partial charge in [-0.2, -0.15) is 0 Å². The zero-order valence-corrected chi connectivity index (χ0v) is 13.3. The zero-order valence-electron chi connectivity index (χ0n) is 13.3. The molecule has 120 valence electrons. The molecule has 22 heavy (non-hydrogen) atoms. The van der Waals surface area contributed by atoms with Crippen molar-refractivity contribution in [3.05, 3.63) is 30.1 Å². The molecule has 0 bridgehead atoms. The van der Waals surface area contributed by atoms with Crippen molar-refractivity contribution in [3.63, 3.8) is 0 Å². The number of rotatable bonds is 3. The normalized spacial score (nSPS) is 25.1. The van der Waals surface area contributed by atoms with Crippen LogP contribution < -0.4 is 0 Å². The predicted octanol–water partition coefficient (Wildman–Crippen LogP) is 1.04. The molecule has 1 aromatic rings. The Kier molecular flexibility index (Phi) is 4.59. The second kappa shape index (κ2) is 6.62. The van der Waals surface area contributed by atoms with Gasteiger partial charge < -0.3 is 14.5 Å². The molecule has 2 saturated heterocycles. The summed E-state index contributed by atoms with van der Waals surface area (Å²) in [6, 6.07) is 4.50. The molecule has 2 aliphatic heterocycles. The summed E-state index contributed by atoms with van der Waals surface area (Å²) in [6.45, 7) is 4.14. The van der Waals surface area contributed by atoms with E-state index < -0.39 is 0 Å². The van der Waals surface area contributed by atoms with Gasteiger partial charge >= 0.3 is 6.03 Å². The van der Waals surface area contributed by atoms with E-state index in [2.05, 4.69) is 9.88 Å². The molecular formula is C16H24N4O2. The van der Waals surface area contributed by atoms with Crippen LogP contribution in [0.2, 0.25) is 0 Å². The van der Waals surface area contributed by atoms with E-state index in [1.807, 2.05) is 37.3 Å². The third kappa shape index (κ3) is 3.39. The van der Waals surface area contributed by atoms with Crippen molar-refractivity contribution in [3.8, 4) is 0 Å². The highest BCUT2D eigenvalue weighted by Crippen LogP contribution is 2.25. The number of ether oxygens (including phenoxy) is 1. The Morgan fingerprint density at radius 3 is 3.00 bits per heavy atom. The van der Waals surface area contributed by atoms with Crippen LogP contribution in [0, 0.1) is 0 Å². The molecule has 6 nitrogen and oxygen atoms in total.